The highest BCUT2D eigenvalue weighted by Gasteiger charge is 2.33. The molecule has 0 amide bonds. The molecule has 0 saturated carbocycles. The topological polar surface area (TPSA) is 58.8 Å². The van der Waals surface area contributed by atoms with E-state index in [-0.39, 0.29) is 5.97 Å². The molecule has 2 N–H and O–H groups in total. The van der Waals surface area contributed by atoms with Crippen molar-refractivity contribution < 1.29 is 9.53 Å². The van der Waals surface area contributed by atoms with Crippen molar-refractivity contribution in [2.45, 2.75) is 23.8 Å². The number of carbonyl (C=O) groups is 1. The summed E-state index contributed by atoms with van der Waals surface area (Å²) in [6, 6.07) is 0.651. The number of nitrogens with zero attached hydrogens (tertiary/aromatic N) is 2. The summed E-state index contributed by atoms with van der Waals surface area (Å²) < 4.78 is 4.84. The predicted molar refractivity (Wildman–Crippen MR) is 88.7 cm³/mol. The number of fused-ring (bicyclic) bond motifs is 1. The van der Waals surface area contributed by atoms with Gasteiger partial charge in [0.15, 0.2) is 0 Å². The number of hydrogen-bond donors (Lipinski definition) is 1. The van der Waals surface area contributed by atoms with Crippen LogP contribution in [0.4, 0.5) is 10.7 Å². The third-order valence-electron chi connectivity index (χ3n) is 4.33. The van der Waals surface area contributed by atoms with Crippen LogP contribution in [-0.2, 0) is 4.74 Å². The van der Waals surface area contributed by atoms with Crippen molar-refractivity contribution in [3.05, 3.63) is 4.88 Å². The van der Waals surface area contributed by atoms with Crippen LogP contribution in [0.15, 0.2) is 4.90 Å². The zero-order valence-electron chi connectivity index (χ0n) is 12.4. The molecule has 1 aromatic heterocycles. The van der Waals surface area contributed by atoms with Crippen molar-refractivity contribution in [2.24, 2.45) is 0 Å². The van der Waals surface area contributed by atoms with Crippen LogP contribution in [0, 0.1) is 0 Å². The summed E-state index contributed by atoms with van der Waals surface area (Å²) >= 11 is 3.08. The highest BCUT2D eigenvalue weighted by Crippen LogP contribution is 2.45. The number of thiophene rings is 1. The number of thioether (sulfide) groups is 1. The lowest BCUT2D eigenvalue weighted by Crippen LogP contribution is -2.50. The molecule has 2 saturated heterocycles. The summed E-state index contributed by atoms with van der Waals surface area (Å²) in [6.45, 7) is 4.37. The van der Waals surface area contributed by atoms with Gasteiger partial charge in [-0.1, -0.05) is 0 Å². The van der Waals surface area contributed by atoms with Crippen LogP contribution < -0.4 is 10.6 Å². The Morgan fingerprint density at radius 2 is 2.24 bits per heavy atom. The molecule has 21 heavy (non-hydrogen) atoms. The summed E-state index contributed by atoms with van der Waals surface area (Å²) in [5, 5.41) is 1.13. The Labute approximate surface area is 133 Å². The van der Waals surface area contributed by atoms with Gasteiger partial charge in [0.1, 0.15) is 9.88 Å². The van der Waals surface area contributed by atoms with Gasteiger partial charge in [0.2, 0.25) is 0 Å². The van der Waals surface area contributed by atoms with E-state index in [4.69, 9.17) is 10.5 Å². The number of anilines is 2. The first-order valence-electron chi connectivity index (χ1n) is 7.19. The van der Waals surface area contributed by atoms with Crippen molar-refractivity contribution >= 4 is 39.8 Å². The summed E-state index contributed by atoms with van der Waals surface area (Å²) in [5.74, 6) is -0.335. The molecule has 1 aromatic rings. The minimum Gasteiger partial charge on any atom is -0.465 e. The van der Waals surface area contributed by atoms with E-state index in [0.717, 1.165) is 29.5 Å². The molecule has 0 bridgehead atoms. The molecule has 3 heterocycles. The fourth-order valence-corrected chi connectivity index (χ4v) is 5.38. The van der Waals surface area contributed by atoms with Crippen LogP contribution in [0.1, 0.15) is 22.5 Å². The first-order valence-corrected chi connectivity index (χ1v) is 9.23. The first-order chi connectivity index (χ1) is 10.2. The third kappa shape index (κ3) is 2.62. The number of nitrogens with two attached hydrogens (primary N) is 1. The number of piperazine rings is 1. The Morgan fingerprint density at radius 1 is 1.43 bits per heavy atom. The van der Waals surface area contributed by atoms with Crippen LogP contribution in [0.25, 0.3) is 0 Å². The smallest absolute Gasteiger partial charge is 0.350 e. The van der Waals surface area contributed by atoms with E-state index in [0.29, 0.717) is 16.6 Å². The summed E-state index contributed by atoms with van der Waals surface area (Å²) in [5.41, 5.74) is 6.73. The molecule has 5 nitrogen and oxygen atoms in total. The van der Waals surface area contributed by atoms with E-state index >= 15 is 0 Å². The van der Waals surface area contributed by atoms with Crippen molar-refractivity contribution in [3.8, 4) is 0 Å². The van der Waals surface area contributed by atoms with Gasteiger partial charge in [-0.2, -0.15) is 0 Å². The van der Waals surface area contributed by atoms with Crippen molar-refractivity contribution in [3.63, 3.8) is 0 Å². The van der Waals surface area contributed by atoms with Crippen LogP contribution in [-0.4, -0.2) is 56.5 Å². The SMILES string of the molecule is COC(=O)c1sc(N2CCN3CCCC3C2)c(SC)c1N. The normalized spacial score (nSPS) is 22.4. The van der Waals surface area contributed by atoms with Gasteiger partial charge >= 0.3 is 5.97 Å². The second kappa shape index (κ2) is 6.06. The van der Waals surface area contributed by atoms with Gasteiger partial charge in [0, 0.05) is 25.7 Å². The quantitative estimate of drug-likeness (QED) is 0.678. The van der Waals surface area contributed by atoms with Gasteiger partial charge in [-0.25, -0.2) is 4.79 Å². The lowest BCUT2D eigenvalue weighted by molar-refractivity contribution is 0.0607. The Bertz CT molecular complexity index is 547. The van der Waals surface area contributed by atoms with Gasteiger partial charge in [0.05, 0.1) is 17.7 Å². The molecule has 0 radical (unpaired) electrons. The van der Waals surface area contributed by atoms with Crippen LogP contribution in [0.2, 0.25) is 0 Å². The second-order valence-electron chi connectivity index (χ2n) is 5.45. The van der Waals surface area contributed by atoms with Crippen molar-refractivity contribution in [1.29, 1.82) is 0 Å². The monoisotopic (exact) mass is 327 g/mol. The summed E-state index contributed by atoms with van der Waals surface area (Å²) in [7, 11) is 1.40. The molecule has 2 aliphatic heterocycles. The number of methoxy groups -OCH3 is 1. The van der Waals surface area contributed by atoms with Crippen molar-refractivity contribution in [1.82, 2.24) is 4.90 Å². The molecule has 3 rings (SSSR count). The zero-order chi connectivity index (χ0) is 15.0. The molecule has 2 aliphatic rings. The van der Waals surface area contributed by atoms with Gasteiger partial charge < -0.3 is 15.4 Å². The number of carbonyl (C=O) groups excluding carboxylic acids is 1. The second-order valence-corrected chi connectivity index (χ2v) is 7.27. The summed E-state index contributed by atoms with van der Waals surface area (Å²) in [6.07, 6.45) is 4.58. The Hall–Kier alpha value is -0.920. The highest BCUT2D eigenvalue weighted by molar-refractivity contribution is 7.99. The average Bonchev–Trinajstić information content (AvgIpc) is 3.09. The average molecular weight is 327 g/mol. The molecule has 1 unspecified atom stereocenters. The van der Waals surface area contributed by atoms with E-state index in [9.17, 15) is 4.79 Å². The number of ether oxygens (including phenoxy) is 1. The fourth-order valence-electron chi connectivity index (χ4n) is 3.24. The number of esters is 1. The minimum absolute atomic E-state index is 0.335. The molecular formula is C14H21N3O2S2. The number of rotatable bonds is 3. The Kier molecular flexibility index (Phi) is 4.33. The molecule has 0 spiro atoms. The molecule has 2 fully saturated rings. The zero-order valence-corrected chi connectivity index (χ0v) is 14.1. The van der Waals surface area contributed by atoms with E-state index in [1.807, 2.05) is 6.26 Å². The van der Waals surface area contributed by atoms with E-state index in [1.54, 1.807) is 11.8 Å². The Morgan fingerprint density at radius 3 is 2.95 bits per heavy atom. The molecular weight excluding hydrogens is 306 g/mol. The fraction of sp³-hybridized carbons (Fsp3) is 0.643. The third-order valence-corrected chi connectivity index (χ3v) is 6.53. The van der Waals surface area contributed by atoms with Crippen LogP contribution in [0.5, 0.6) is 0 Å². The minimum atomic E-state index is -0.335. The van der Waals surface area contributed by atoms with Gasteiger partial charge in [-0.3, -0.25) is 4.90 Å². The molecule has 1 atom stereocenters. The van der Waals surface area contributed by atoms with Gasteiger partial charge in [0.25, 0.3) is 0 Å². The maximum atomic E-state index is 11.9. The van der Waals surface area contributed by atoms with Gasteiger partial charge in [-0.05, 0) is 25.6 Å². The van der Waals surface area contributed by atoms with Crippen LogP contribution >= 0.6 is 23.1 Å². The largest absolute Gasteiger partial charge is 0.465 e. The van der Waals surface area contributed by atoms with Crippen LogP contribution in [0.3, 0.4) is 0 Å². The lowest BCUT2D eigenvalue weighted by atomic mass is 10.1. The standard InChI is InChI=1S/C14H21N3O2S2/c1-19-14(18)12-10(15)11(20-2)13(21-12)17-7-6-16-5-3-4-9(16)8-17/h9H,3-8,15H2,1-2H3. The number of hydrogen-bond acceptors (Lipinski definition) is 7. The highest BCUT2D eigenvalue weighted by atomic mass is 32.2. The number of nitrogen functional groups attached to an aromatic ring is 1. The molecule has 7 heteroatoms. The first kappa shape index (κ1) is 15.0. The molecule has 0 aromatic carbocycles. The predicted octanol–water partition coefficient (Wildman–Crippen LogP) is 2.12. The van der Waals surface area contributed by atoms with E-state index < -0.39 is 0 Å². The van der Waals surface area contributed by atoms with Crippen molar-refractivity contribution in [2.75, 3.05) is 50.2 Å². The Balaban J connectivity index is 1.89. The lowest BCUT2D eigenvalue weighted by Gasteiger charge is -2.38. The maximum Gasteiger partial charge on any atom is 0.350 e. The van der Waals surface area contributed by atoms with Gasteiger partial charge in [-0.15, -0.1) is 23.1 Å². The van der Waals surface area contributed by atoms with E-state index in [1.165, 1.54) is 37.8 Å². The molecule has 116 valence electrons. The maximum absolute atomic E-state index is 11.9. The molecule has 0 aliphatic carbocycles. The summed E-state index contributed by atoms with van der Waals surface area (Å²) in [4.78, 5) is 18.4. The van der Waals surface area contributed by atoms with E-state index in [2.05, 4.69) is 9.80 Å².